The second-order valence-corrected chi connectivity index (χ2v) is 6.47. The Morgan fingerprint density at radius 3 is 3.00 bits per heavy atom. The predicted octanol–water partition coefficient (Wildman–Crippen LogP) is 1.70. The van der Waals surface area contributed by atoms with Crippen molar-refractivity contribution >= 4 is 17.2 Å². The largest absolute Gasteiger partial charge is 0.373 e. The molecule has 19 heavy (non-hydrogen) atoms. The minimum atomic E-state index is 0.00763. The Morgan fingerprint density at radius 1 is 1.53 bits per heavy atom. The average Bonchev–Trinajstić information content (AvgIpc) is 2.98. The van der Waals surface area contributed by atoms with Crippen LogP contribution in [0.5, 0.6) is 0 Å². The quantitative estimate of drug-likeness (QED) is 0.867. The number of amides is 1. The number of aryl methyl sites for hydroxylation is 1. The molecule has 2 saturated heterocycles. The highest BCUT2D eigenvalue weighted by atomic mass is 32.1. The van der Waals surface area contributed by atoms with Crippen molar-refractivity contribution in [3.05, 3.63) is 21.9 Å². The SMILES string of the molecule is Cc1ccsc1C(=O)NC1COC2(CCNCC2)C1. The Hall–Kier alpha value is -0.910. The van der Waals surface area contributed by atoms with E-state index < -0.39 is 0 Å². The van der Waals surface area contributed by atoms with Crippen LogP contribution in [0.1, 0.15) is 34.5 Å². The van der Waals surface area contributed by atoms with Crippen LogP contribution < -0.4 is 10.6 Å². The third-order valence-electron chi connectivity index (χ3n) is 4.13. The van der Waals surface area contributed by atoms with Crippen molar-refractivity contribution in [3.63, 3.8) is 0 Å². The number of hydrogen-bond donors (Lipinski definition) is 2. The number of hydrogen-bond acceptors (Lipinski definition) is 4. The molecule has 0 aliphatic carbocycles. The molecule has 1 aromatic heterocycles. The van der Waals surface area contributed by atoms with Gasteiger partial charge in [-0.3, -0.25) is 4.79 Å². The Balaban J connectivity index is 1.60. The van der Waals surface area contributed by atoms with Crippen molar-refractivity contribution in [1.29, 1.82) is 0 Å². The summed E-state index contributed by atoms with van der Waals surface area (Å²) in [5.41, 5.74) is 1.06. The van der Waals surface area contributed by atoms with Gasteiger partial charge in [-0.15, -0.1) is 11.3 Å². The van der Waals surface area contributed by atoms with Gasteiger partial charge in [0.1, 0.15) is 0 Å². The monoisotopic (exact) mass is 280 g/mol. The summed E-state index contributed by atoms with van der Waals surface area (Å²) in [5.74, 6) is 0.0482. The molecule has 2 aliphatic rings. The first-order valence-corrected chi connectivity index (χ1v) is 7.76. The zero-order valence-corrected chi connectivity index (χ0v) is 12.0. The molecule has 2 N–H and O–H groups in total. The van der Waals surface area contributed by atoms with Crippen molar-refractivity contribution in [2.75, 3.05) is 19.7 Å². The van der Waals surface area contributed by atoms with E-state index in [1.54, 1.807) is 0 Å². The first kappa shape index (κ1) is 13.1. The molecule has 0 bridgehead atoms. The Kier molecular flexibility index (Phi) is 3.60. The minimum Gasteiger partial charge on any atom is -0.373 e. The van der Waals surface area contributed by atoms with Crippen LogP contribution in [-0.2, 0) is 4.74 Å². The Morgan fingerprint density at radius 2 is 2.32 bits per heavy atom. The van der Waals surface area contributed by atoms with Crippen LogP contribution in [-0.4, -0.2) is 37.2 Å². The predicted molar refractivity (Wildman–Crippen MR) is 75.7 cm³/mol. The second kappa shape index (κ2) is 5.23. The summed E-state index contributed by atoms with van der Waals surface area (Å²) in [6, 6.07) is 2.14. The minimum absolute atomic E-state index is 0.00763. The van der Waals surface area contributed by atoms with Crippen LogP contribution in [0, 0.1) is 6.92 Å². The van der Waals surface area contributed by atoms with Gasteiger partial charge in [-0.1, -0.05) is 0 Å². The summed E-state index contributed by atoms with van der Waals surface area (Å²) in [7, 11) is 0. The molecule has 1 aromatic rings. The molecule has 5 heteroatoms. The van der Waals surface area contributed by atoms with Gasteiger partial charge in [-0.05, 0) is 56.3 Å². The van der Waals surface area contributed by atoms with Crippen molar-refractivity contribution in [2.24, 2.45) is 0 Å². The molecule has 104 valence electrons. The van der Waals surface area contributed by atoms with E-state index in [4.69, 9.17) is 4.74 Å². The molecule has 3 heterocycles. The molecule has 3 rings (SSSR count). The van der Waals surface area contributed by atoms with Gasteiger partial charge in [-0.2, -0.15) is 0 Å². The highest BCUT2D eigenvalue weighted by Crippen LogP contribution is 2.34. The van der Waals surface area contributed by atoms with E-state index in [9.17, 15) is 4.79 Å². The molecule has 1 amide bonds. The van der Waals surface area contributed by atoms with Gasteiger partial charge >= 0.3 is 0 Å². The smallest absolute Gasteiger partial charge is 0.261 e. The topological polar surface area (TPSA) is 50.4 Å². The Bertz CT molecular complexity index is 466. The fraction of sp³-hybridized carbons (Fsp3) is 0.643. The third kappa shape index (κ3) is 2.68. The number of ether oxygens (including phenoxy) is 1. The fourth-order valence-corrected chi connectivity index (χ4v) is 3.85. The molecule has 1 spiro atoms. The number of nitrogens with one attached hydrogen (secondary N) is 2. The van der Waals surface area contributed by atoms with Crippen LogP contribution in [0.4, 0.5) is 0 Å². The molecule has 2 aliphatic heterocycles. The lowest BCUT2D eigenvalue weighted by atomic mass is 9.88. The lowest BCUT2D eigenvalue weighted by Gasteiger charge is -2.32. The molecular weight excluding hydrogens is 260 g/mol. The van der Waals surface area contributed by atoms with E-state index in [0.717, 1.165) is 42.8 Å². The summed E-state index contributed by atoms with van der Waals surface area (Å²) < 4.78 is 5.99. The molecule has 2 fully saturated rings. The summed E-state index contributed by atoms with van der Waals surface area (Å²) in [5, 5.41) is 8.44. The number of thiophene rings is 1. The van der Waals surface area contributed by atoms with E-state index in [1.165, 1.54) is 11.3 Å². The Labute approximate surface area is 117 Å². The number of rotatable bonds is 2. The first-order valence-electron chi connectivity index (χ1n) is 6.88. The summed E-state index contributed by atoms with van der Waals surface area (Å²) >= 11 is 1.51. The third-order valence-corrected chi connectivity index (χ3v) is 5.14. The van der Waals surface area contributed by atoms with E-state index in [1.807, 2.05) is 18.4 Å². The van der Waals surface area contributed by atoms with Gasteiger partial charge in [0.15, 0.2) is 0 Å². The number of piperidine rings is 1. The number of carbonyl (C=O) groups excluding carboxylic acids is 1. The summed E-state index contributed by atoms with van der Waals surface area (Å²) in [4.78, 5) is 13.0. The average molecular weight is 280 g/mol. The molecule has 0 aromatic carbocycles. The van der Waals surface area contributed by atoms with Crippen molar-refractivity contribution in [2.45, 2.75) is 37.8 Å². The van der Waals surface area contributed by atoms with E-state index in [0.29, 0.717) is 6.61 Å². The lowest BCUT2D eigenvalue weighted by Crippen LogP contribution is -2.43. The van der Waals surface area contributed by atoms with Gasteiger partial charge in [0.25, 0.3) is 5.91 Å². The van der Waals surface area contributed by atoms with E-state index in [2.05, 4.69) is 10.6 Å². The normalized spacial score (nSPS) is 25.6. The standard InChI is InChI=1S/C14H20N2O2S/c1-10-2-7-19-12(10)13(17)16-11-8-14(18-9-11)3-5-15-6-4-14/h2,7,11,15H,3-6,8-9H2,1H3,(H,16,17). The van der Waals surface area contributed by atoms with Gasteiger partial charge in [0.05, 0.1) is 23.1 Å². The maximum absolute atomic E-state index is 12.2. The summed E-state index contributed by atoms with van der Waals surface area (Å²) in [6.07, 6.45) is 3.06. The van der Waals surface area contributed by atoms with Gasteiger partial charge in [0.2, 0.25) is 0 Å². The highest BCUT2D eigenvalue weighted by Gasteiger charge is 2.41. The maximum atomic E-state index is 12.2. The van der Waals surface area contributed by atoms with E-state index >= 15 is 0 Å². The lowest BCUT2D eigenvalue weighted by molar-refractivity contribution is -0.0194. The molecule has 1 unspecified atom stereocenters. The van der Waals surface area contributed by atoms with E-state index in [-0.39, 0.29) is 17.6 Å². The van der Waals surface area contributed by atoms with Gasteiger partial charge in [0, 0.05) is 0 Å². The fourth-order valence-electron chi connectivity index (χ4n) is 3.02. The van der Waals surface area contributed by atoms with Crippen molar-refractivity contribution in [1.82, 2.24) is 10.6 Å². The zero-order valence-electron chi connectivity index (χ0n) is 11.2. The van der Waals surface area contributed by atoms with Crippen LogP contribution in [0.2, 0.25) is 0 Å². The maximum Gasteiger partial charge on any atom is 0.261 e. The number of carbonyl (C=O) groups is 1. The highest BCUT2D eigenvalue weighted by molar-refractivity contribution is 7.12. The van der Waals surface area contributed by atoms with Crippen LogP contribution in [0.3, 0.4) is 0 Å². The van der Waals surface area contributed by atoms with Crippen LogP contribution in [0.25, 0.3) is 0 Å². The van der Waals surface area contributed by atoms with Gasteiger partial charge < -0.3 is 15.4 Å². The van der Waals surface area contributed by atoms with Crippen molar-refractivity contribution in [3.8, 4) is 0 Å². The van der Waals surface area contributed by atoms with Crippen molar-refractivity contribution < 1.29 is 9.53 Å². The molecule has 1 atom stereocenters. The summed E-state index contributed by atoms with van der Waals surface area (Å²) in [6.45, 7) is 4.66. The zero-order chi connectivity index (χ0) is 13.3. The van der Waals surface area contributed by atoms with Crippen LogP contribution >= 0.6 is 11.3 Å². The van der Waals surface area contributed by atoms with Gasteiger partial charge in [-0.25, -0.2) is 0 Å². The molecular formula is C14H20N2O2S. The molecule has 4 nitrogen and oxygen atoms in total. The molecule has 0 saturated carbocycles. The first-order chi connectivity index (χ1) is 9.19. The molecule has 0 radical (unpaired) electrons. The second-order valence-electron chi connectivity index (χ2n) is 5.55. The van der Waals surface area contributed by atoms with Crippen LogP contribution in [0.15, 0.2) is 11.4 Å².